The van der Waals surface area contributed by atoms with E-state index in [2.05, 4.69) is 28.2 Å². The van der Waals surface area contributed by atoms with Gasteiger partial charge in [-0.2, -0.15) is 0 Å². The van der Waals surface area contributed by atoms with E-state index < -0.39 is 0 Å². The van der Waals surface area contributed by atoms with Gasteiger partial charge in [0.15, 0.2) is 0 Å². The molecule has 0 fully saturated rings. The number of nitrogens with one attached hydrogen (secondary N) is 1. The quantitative estimate of drug-likeness (QED) is 0.829. The van der Waals surface area contributed by atoms with Crippen molar-refractivity contribution in [2.45, 2.75) is 20.3 Å². The van der Waals surface area contributed by atoms with Crippen molar-refractivity contribution in [2.75, 3.05) is 18.9 Å². The molecule has 0 aliphatic rings. The fourth-order valence-corrected chi connectivity index (χ4v) is 3.67. The van der Waals surface area contributed by atoms with Gasteiger partial charge < -0.3 is 10.2 Å². The van der Waals surface area contributed by atoms with Crippen LogP contribution in [0.5, 0.6) is 0 Å². The van der Waals surface area contributed by atoms with Crippen molar-refractivity contribution in [1.82, 2.24) is 4.90 Å². The Balaban J connectivity index is 2.04. The molecule has 1 aromatic heterocycles. The van der Waals surface area contributed by atoms with Gasteiger partial charge in [0.1, 0.15) is 0 Å². The number of likely N-dealkylation sites (N-methyl/N-ethyl adjacent to an activating group) is 1. The molecule has 1 heterocycles. The van der Waals surface area contributed by atoms with Crippen molar-refractivity contribution in [3.8, 4) is 0 Å². The molecule has 2 aromatic rings. The summed E-state index contributed by atoms with van der Waals surface area (Å²) in [4.78, 5) is 26.6. The van der Waals surface area contributed by atoms with E-state index in [-0.39, 0.29) is 18.4 Å². The summed E-state index contributed by atoms with van der Waals surface area (Å²) in [5.41, 5.74) is 2.96. The van der Waals surface area contributed by atoms with Crippen LogP contribution in [0.15, 0.2) is 34.1 Å². The topological polar surface area (TPSA) is 49.4 Å². The molecule has 0 atom stereocenters. The predicted molar refractivity (Wildman–Crippen MR) is 98.2 cm³/mol. The highest BCUT2D eigenvalue weighted by atomic mass is 79.9. The van der Waals surface area contributed by atoms with E-state index in [4.69, 9.17) is 0 Å². The minimum Gasteiger partial charge on any atom is -0.332 e. The number of para-hydroxylation sites is 1. The molecule has 0 spiro atoms. The lowest BCUT2D eigenvalue weighted by Crippen LogP contribution is -2.34. The van der Waals surface area contributed by atoms with Crippen molar-refractivity contribution >= 4 is 44.8 Å². The van der Waals surface area contributed by atoms with Crippen molar-refractivity contribution in [3.63, 3.8) is 0 Å². The minimum atomic E-state index is -0.194. The summed E-state index contributed by atoms with van der Waals surface area (Å²) in [5.74, 6) is -0.350. The molecule has 6 heteroatoms. The van der Waals surface area contributed by atoms with Gasteiger partial charge in [-0.05, 0) is 52.5 Å². The van der Waals surface area contributed by atoms with Crippen LogP contribution < -0.4 is 5.32 Å². The highest BCUT2D eigenvalue weighted by Crippen LogP contribution is 2.23. The molecule has 2 rings (SSSR count). The Kier molecular flexibility index (Phi) is 5.96. The summed E-state index contributed by atoms with van der Waals surface area (Å²) in [6.45, 7) is 4.04. The predicted octanol–water partition coefficient (Wildman–Crippen LogP) is 4.09. The Bertz CT molecular complexity index is 727. The average molecular weight is 395 g/mol. The zero-order valence-corrected chi connectivity index (χ0v) is 15.8. The molecule has 1 aromatic carbocycles. The van der Waals surface area contributed by atoms with Crippen molar-refractivity contribution < 1.29 is 9.59 Å². The number of rotatable bonds is 5. The molecular weight excluding hydrogens is 376 g/mol. The monoisotopic (exact) mass is 394 g/mol. The van der Waals surface area contributed by atoms with Crippen LogP contribution in [0.1, 0.15) is 27.7 Å². The molecule has 23 heavy (non-hydrogen) atoms. The molecule has 0 bridgehead atoms. The van der Waals surface area contributed by atoms with Crippen molar-refractivity contribution in [2.24, 2.45) is 0 Å². The van der Waals surface area contributed by atoms with E-state index in [1.807, 2.05) is 31.2 Å². The van der Waals surface area contributed by atoms with E-state index in [0.717, 1.165) is 27.0 Å². The second kappa shape index (κ2) is 7.75. The molecule has 0 aliphatic heterocycles. The van der Waals surface area contributed by atoms with Crippen LogP contribution >= 0.6 is 27.3 Å². The molecule has 0 saturated heterocycles. The van der Waals surface area contributed by atoms with Gasteiger partial charge >= 0.3 is 0 Å². The molecule has 0 aliphatic carbocycles. The van der Waals surface area contributed by atoms with Gasteiger partial charge in [0.05, 0.1) is 15.2 Å². The Hall–Kier alpha value is -1.66. The van der Waals surface area contributed by atoms with Crippen LogP contribution in [0.4, 0.5) is 5.69 Å². The average Bonchev–Trinajstić information content (AvgIpc) is 2.94. The number of carbonyl (C=O) groups is 2. The summed E-state index contributed by atoms with van der Waals surface area (Å²) >= 11 is 4.69. The second-order valence-corrected chi connectivity index (χ2v) is 7.74. The first-order chi connectivity index (χ1) is 10.9. The van der Waals surface area contributed by atoms with Gasteiger partial charge in [-0.1, -0.05) is 25.1 Å². The summed E-state index contributed by atoms with van der Waals surface area (Å²) < 4.78 is 0.895. The van der Waals surface area contributed by atoms with Crippen molar-refractivity contribution in [3.05, 3.63) is 50.1 Å². The number of hydrogen-bond acceptors (Lipinski definition) is 3. The smallest absolute Gasteiger partial charge is 0.264 e. The zero-order chi connectivity index (χ0) is 17.0. The molecule has 0 saturated carbocycles. The number of hydrogen-bond donors (Lipinski definition) is 1. The third-order valence-electron chi connectivity index (χ3n) is 3.52. The molecule has 2 amide bonds. The number of nitrogens with zero attached hydrogens (tertiary/aromatic N) is 1. The van der Waals surface area contributed by atoms with Gasteiger partial charge in [-0.3, -0.25) is 9.59 Å². The molecular formula is C17H19BrN2O2S. The second-order valence-electron chi connectivity index (χ2n) is 5.28. The Morgan fingerprint density at radius 3 is 2.61 bits per heavy atom. The van der Waals surface area contributed by atoms with Crippen LogP contribution in [-0.4, -0.2) is 30.3 Å². The van der Waals surface area contributed by atoms with Crippen molar-refractivity contribution in [1.29, 1.82) is 0 Å². The molecule has 122 valence electrons. The lowest BCUT2D eigenvalue weighted by molar-refractivity contribution is -0.116. The lowest BCUT2D eigenvalue weighted by atomic mass is 10.1. The fourth-order valence-electron chi connectivity index (χ4n) is 2.29. The van der Waals surface area contributed by atoms with E-state index in [1.54, 1.807) is 13.1 Å². The number of carbonyl (C=O) groups excluding carboxylic acids is 2. The van der Waals surface area contributed by atoms with E-state index in [0.29, 0.717) is 4.88 Å². The van der Waals surface area contributed by atoms with Crippen LogP contribution in [-0.2, 0) is 11.2 Å². The van der Waals surface area contributed by atoms with Gasteiger partial charge in [0.25, 0.3) is 5.91 Å². The van der Waals surface area contributed by atoms with E-state index in [1.165, 1.54) is 16.2 Å². The third-order valence-corrected chi connectivity index (χ3v) is 5.13. The summed E-state index contributed by atoms with van der Waals surface area (Å²) in [6.07, 6.45) is 0.843. The normalized spacial score (nSPS) is 10.4. The van der Waals surface area contributed by atoms with E-state index in [9.17, 15) is 9.59 Å². The molecule has 0 unspecified atom stereocenters. The van der Waals surface area contributed by atoms with Crippen LogP contribution in [0.3, 0.4) is 0 Å². The summed E-state index contributed by atoms with van der Waals surface area (Å²) in [6, 6.07) is 9.52. The number of benzene rings is 1. The Morgan fingerprint density at radius 2 is 2.00 bits per heavy atom. The number of thiophene rings is 1. The highest BCUT2D eigenvalue weighted by molar-refractivity contribution is 9.11. The largest absolute Gasteiger partial charge is 0.332 e. The van der Waals surface area contributed by atoms with Gasteiger partial charge in [-0.15, -0.1) is 11.3 Å². The molecule has 0 radical (unpaired) electrons. The summed E-state index contributed by atoms with van der Waals surface area (Å²) in [7, 11) is 1.63. The maximum Gasteiger partial charge on any atom is 0.264 e. The third kappa shape index (κ3) is 4.42. The minimum absolute atomic E-state index is 0.0197. The standard InChI is InChI=1S/C17H19BrN2O2S/c1-4-12-7-5-6-11(2)16(12)19-15(21)10-20(3)17(22)13-8-9-14(18)23-13/h5-9H,4,10H2,1-3H3,(H,19,21). The number of aryl methyl sites for hydroxylation is 2. The Labute approximate surface area is 148 Å². The van der Waals surface area contributed by atoms with Crippen LogP contribution in [0, 0.1) is 6.92 Å². The van der Waals surface area contributed by atoms with Crippen LogP contribution in [0.25, 0.3) is 0 Å². The first-order valence-electron chi connectivity index (χ1n) is 7.31. The SMILES string of the molecule is CCc1cccc(C)c1NC(=O)CN(C)C(=O)c1ccc(Br)s1. The molecule has 4 nitrogen and oxygen atoms in total. The van der Waals surface area contributed by atoms with Gasteiger partial charge in [0.2, 0.25) is 5.91 Å². The number of anilines is 1. The van der Waals surface area contributed by atoms with Gasteiger partial charge in [-0.25, -0.2) is 0 Å². The fraction of sp³-hybridized carbons (Fsp3) is 0.294. The van der Waals surface area contributed by atoms with Crippen LogP contribution in [0.2, 0.25) is 0 Å². The Morgan fingerprint density at radius 1 is 1.26 bits per heavy atom. The highest BCUT2D eigenvalue weighted by Gasteiger charge is 2.17. The first-order valence-corrected chi connectivity index (χ1v) is 8.92. The lowest BCUT2D eigenvalue weighted by Gasteiger charge is -2.18. The van der Waals surface area contributed by atoms with E-state index >= 15 is 0 Å². The summed E-state index contributed by atoms with van der Waals surface area (Å²) in [5, 5.41) is 2.93. The maximum atomic E-state index is 12.3. The maximum absolute atomic E-state index is 12.3. The zero-order valence-electron chi connectivity index (χ0n) is 13.4. The van der Waals surface area contributed by atoms with Gasteiger partial charge in [0, 0.05) is 12.7 Å². The number of amides is 2. The molecule has 1 N–H and O–H groups in total. The number of halogens is 1. The first kappa shape index (κ1) is 17.7.